The number of carbonyl (C=O) groups is 1. The first-order chi connectivity index (χ1) is 19.1. The van der Waals surface area contributed by atoms with Gasteiger partial charge in [-0.15, -0.1) is 5.10 Å². The zero-order chi connectivity index (χ0) is 28.9. The second-order valence-electron chi connectivity index (χ2n) is 9.28. The van der Waals surface area contributed by atoms with Crippen LogP contribution in [0.5, 0.6) is 5.75 Å². The highest BCUT2D eigenvalue weighted by molar-refractivity contribution is 5.74. The van der Waals surface area contributed by atoms with Crippen LogP contribution in [0.4, 0.5) is 13.2 Å². The Hall–Kier alpha value is -4.34. The molecule has 210 valence electrons. The van der Waals surface area contributed by atoms with Gasteiger partial charge in [0.15, 0.2) is 0 Å². The highest BCUT2D eigenvalue weighted by Gasteiger charge is 2.30. The largest absolute Gasteiger partial charge is 0.494 e. The van der Waals surface area contributed by atoms with Crippen LogP contribution in [0.3, 0.4) is 0 Å². The summed E-state index contributed by atoms with van der Waals surface area (Å²) in [6, 6.07) is 17.9. The number of aliphatic carboxylic acids is 1. The minimum Gasteiger partial charge on any atom is -0.494 e. The van der Waals surface area contributed by atoms with Gasteiger partial charge in [0, 0.05) is 18.5 Å². The molecule has 0 fully saturated rings. The van der Waals surface area contributed by atoms with Gasteiger partial charge >= 0.3 is 17.8 Å². The number of halogens is 3. The number of carboxylic acid groups (broad SMARTS) is 1. The summed E-state index contributed by atoms with van der Waals surface area (Å²) in [4.78, 5) is 24.1. The van der Waals surface area contributed by atoms with Crippen molar-refractivity contribution in [2.45, 2.75) is 52.3 Å². The first-order valence-corrected chi connectivity index (χ1v) is 13.0. The second kappa shape index (κ2) is 12.2. The topological polar surface area (TPSA) is 86.4 Å². The van der Waals surface area contributed by atoms with Gasteiger partial charge in [0.1, 0.15) is 11.6 Å². The summed E-state index contributed by atoms with van der Waals surface area (Å²) in [5, 5.41) is 13.7. The van der Waals surface area contributed by atoms with Crippen LogP contribution in [0.15, 0.2) is 71.5 Å². The summed E-state index contributed by atoms with van der Waals surface area (Å²) in [5.74, 6) is 0.215. The molecule has 0 amide bonds. The van der Waals surface area contributed by atoms with Crippen LogP contribution in [0, 0.1) is 0 Å². The second-order valence-corrected chi connectivity index (χ2v) is 9.28. The summed E-state index contributed by atoms with van der Waals surface area (Å²) in [6.45, 7) is 4.52. The Kier molecular flexibility index (Phi) is 8.77. The van der Waals surface area contributed by atoms with E-state index in [1.807, 2.05) is 50.2 Å². The van der Waals surface area contributed by atoms with Gasteiger partial charge in [0.25, 0.3) is 0 Å². The molecule has 0 atom stereocenters. The highest BCUT2D eigenvalue weighted by atomic mass is 19.4. The number of carboxylic acids is 1. The molecule has 4 aromatic rings. The summed E-state index contributed by atoms with van der Waals surface area (Å²) in [5.41, 5.74) is 2.66. The fourth-order valence-corrected chi connectivity index (χ4v) is 4.57. The lowest BCUT2D eigenvalue weighted by atomic mass is 9.98. The third-order valence-electron chi connectivity index (χ3n) is 6.55. The van der Waals surface area contributed by atoms with Crippen molar-refractivity contribution >= 4 is 5.97 Å². The van der Waals surface area contributed by atoms with Crippen molar-refractivity contribution < 1.29 is 27.8 Å². The molecule has 3 aromatic carbocycles. The van der Waals surface area contributed by atoms with Crippen LogP contribution in [0.1, 0.15) is 42.8 Å². The number of ether oxygens (including phenoxy) is 1. The highest BCUT2D eigenvalue weighted by Crippen LogP contribution is 2.30. The van der Waals surface area contributed by atoms with E-state index < -0.39 is 17.7 Å². The molecule has 0 aliphatic rings. The van der Waals surface area contributed by atoms with E-state index in [4.69, 9.17) is 4.74 Å². The minimum absolute atomic E-state index is 0.126. The molecule has 0 unspecified atom stereocenters. The number of rotatable bonds is 11. The van der Waals surface area contributed by atoms with Crippen molar-refractivity contribution in [3.8, 4) is 22.6 Å². The lowest BCUT2D eigenvalue weighted by Gasteiger charge is -2.11. The van der Waals surface area contributed by atoms with Crippen molar-refractivity contribution in [1.82, 2.24) is 14.3 Å². The molecule has 0 aliphatic heterocycles. The van der Waals surface area contributed by atoms with Crippen LogP contribution in [0.2, 0.25) is 0 Å². The van der Waals surface area contributed by atoms with E-state index in [2.05, 4.69) is 5.10 Å². The summed E-state index contributed by atoms with van der Waals surface area (Å²) in [6.07, 6.45) is -2.60. The zero-order valence-electron chi connectivity index (χ0n) is 22.2. The average Bonchev–Trinajstić information content (AvgIpc) is 3.24. The number of hydrogen-bond acceptors (Lipinski definition) is 4. The maximum absolute atomic E-state index is 12.9. The summed E-state index contributed by atoms with van der Waals surface area (Å²) < 4.78 is 46.9. The first kappa shape index (κ1) is 28.7. The Balaban J connectivity index is 1.44. The van der Waals surface area contributed by atoms with Crippen molar-refractivity contribution in [3.05, 3.63) is 99.7 Å². The maximum Gasteiger partial charge on any atom is 0.416 e. The van der Waals surface area contributed by atoms with Gasteiger partial charge in [-0.3, -0.25) is 9.36 Å². The Labute approximate surface area is 229 Å². The van der Waals surface area contributed by atoms with Gasteiger partial charge in [-0.1, -0.05) is 30.3 Å². The molecule has 0 saturated heterocycles. The fraction of sp³-hybridized carbons (Fsp3) is 0.300. The van der Waals surface area contributed by atoms with E-state index in [1.54, 1.807) is 6.07 Å². The van der Waals surface area contributed by atoms with Gasteiger partial charge in [-0.2, -0.15) is 17.9 Å². The molecule has 0 saturated carbocycles. The van der Waals surface area contributed by atoms with Crippen LogP contribution >= 0.6 is 0 Å². The van der Waals surface area contributed by atoms with E-state index >= 15 is 0 Å². The van der Waals surface area contributed by atoms with Crippen molar-refractivity contribution in [2.75, 3.05) is 6.61 Å². The standard InChI is InChI=1S/C30H30F3N3O4/c1-3-35-27(34-36(29(35)39)25-15-13-24(14-16-25)30(31,32)33)7-5-6-20-8-10-21(11-9-20)22-12-17-26(40-4-2)23(18-22)19-28(37)38/h8-18H,3-7,19H2,1-2H3,(H,37,38). The SMILES string of the molecule is CCOc1ccc(-c2ccc(CCCc3nn(-c4ccc(C(F)(F)F)cc4)c(=O)n3CC)cc2)cc1CC(=O)O. The van der Waals surface area contributed by atoms with E-state index in [-0.39, 0.29) is 17.8 Å². The molecule has 7 nitrogen and oxygen atoms in total. The van der Waals surface area contributed by atoms with E-state index in [0.717, 1.165) is 39.9 Å². The van der Waals surface area contributed by atoms with Gasteiger partial charge in [-0.25, -0.2) is 4.79 Å². The Morgan fingerprint density at radius 1 is 0.950 bits per heavy atom. The maximum atomic E-state index is 12.9. The van der Waals surface area contributed by atoms with Gasteiger partial charge in [0.05, 0.1) is 24.3 Å². The van der Waals surface area contributed by atoms with E-state index in [1.165, 1.54) is 16.7 Å². The normalized spacial score (nSPS) is 11.5. The number of hydrogen-bond donors (Lipinski definition) is 1. The third kappa shape index (κ3) is 6.62. The molecular formula is C30H30F3N3O4. The van der Waals surface area contributed by atoms with Crippen molar-refractivity contribution in [1.29, 1.82) is 0 Å². The van der Waals surface area contributed by atoms with Crippen molar-refractivity contribution in [3.63, 3.8) is 0 Å². The first-order valence-electron chi connectivity index (χ1n) is 13.0. The summed E-state index contributed by atoms with van der Waals surface area (Å²) in [7, 11) is 0. The molecule has 0 spiro atoms. The van der Waals surface area contributed by atoms with Crippen LogP contribution in [0.25, 0.3) is 16.8 Å². The Morgan fingerprint density at radius 2 is 1.62 bits per heavy atom. The van der Waals surface area contributed by atoms with E-state index in [0.29, 0.717) is 43.1 Å². The van der Waals surface area contributed by atoms with Gasteiger partial charge in [-0.05, 0) is 79.8 Å². The predicted octanol–water partition coefficient (Wildman–Crippen LogP) is 5.94. The van der Waals surface area contributed by atoms with Crippen molar-refractivity contribution in [2.24, 2.45) is 0 Å². The van der Waals surface area contributed by atoms with Crippen LogP contribution in [-0.2, 0) is 36.8 Å². The number of aryl methyl sites for hydroxylation is 2. The quantitative estimate of drug-likeness (QED) is 0.248. The molecule has 40 heavy (non-hydrogen) atoms. The molecular weight excluding hydrogens is 523 g/mol. The molecule has 0 bridgehead atoms. The van der Waals surface area contributed by atoms with Gasteiger partial charge in [0.2, 0.25) is 0 Å². The lowest BCUT2D eigenvalue weighted by Crippen LogP contribution is -2.24. The smallest absolute Gasteiger partial charge is 0.416 e. The van der Waals surface area contributed by atoms with Crippen LogP contribution < -0.4 is 10.4 Å². The zero-order valence-corrected chi connectivity index (χ0v) is 22.2. The fourth-order valence-electron chi connectivity index (χ4n) is 4.57. The monoisotopic (exact) mass is 553 g/mol. The molecule has 1 N–H and O–H groups in total. The molecule has 1 aromatic heterocycles. The Morgan fingerprint density at radius 3 is 2.23 bits per heavy atom. The molecule has 0 radical (unpaired) electrons. The Bertz CT molecular complexity index is 1520. The number of alkyl halides is 3. The number of benzene rings is 3. The molecule has 0 aliphatic carbocycles. The van der Waals surface area contributed by atoms with Crippen LogP contribution in [-0.4, -0.2) is 32.0 Å². The number of nitrogens with zero attached hydrogens (tertiary/aromatic N) is 3. The average molecular weight is 554 g/mol. The molecule has 10 heteroatoms. The van der Waals surface area contributed by atoms with Gasteiger partial charge < -0.3 is 9.84 Å². The van der Waals surface area contributed by atoms with E-state index in [9.17, 15) is 27.9 Å². The third-order valence-corrected chi connectivity index (χ3v) is 6.55. The summed E-state index contributed by atoms with van der Waals surface area (Å²) >= 11 is 0. The lowest BCUT2D eigenvalue weighted by molar-refractivity contribution is -0.138. The number of aromatic nitrogens is 3. The molecule has 1 heterocycles. The predicted molar refractivity (Wildman–Crippen MR) is 145 cm³/mol. The molecule has 4 rings (SSSR count). The minimum atomic E-state index is -4.45.